The fourth-order valence-electron chi connectivity index (χ4n) is 3.95. The van der Waals surface area contributed by atoms with Crippen LogP contribution in [0.1, 0.15) is 21.5 Å². The molecule has 0 aliphatic carbocycles. The summed E-state index contributed by atoms with van der Waals surface area (Å²) in [6.45, 7) is 0.408. The lowest BCUT2D eigenvalue weighted by Crippen LogP contribution is -2.17. The van der Waals surface area contributed by atoms with Gasteiger partial charge in [0, 0.05) is 16.7 Å². The van der Waals surface area contributed by atoms with Gasteiger partial charge in [0.05, 0.1) is 6.21 Å². The maximum Gasteiger partial charge on any atom is 0.271 e. The Balaban J connectivity index is 1.21. The maximum absolute atomic E-state index is 12.5. The highest BCUT2D eigenvalue weighted by Crippen LogP contribution is 2.30. The third-order valence-electron chi connectivity index (χ3n) is 5.78. The number of ether oxygens (including phenoxy) is 1. The van der Waals surface area contributed by atoms with Gasteiger partial charge in [-0.3, -0.25) is 4.79 Å². The van der Waals surface area contributed by atoms with E-state index < -0.39 is 0 Å². The molecule has 0 saturated carbocycles. The lowest BCUT2D eigenvalue weighted by Gasteiger charge is -2.12. The molecule has 4 heteroatoms. The minimum Gasteiger partial charge on any atom is -0.488 e. The number of benzene rings is 5. The fraction of sp³-hybridized carbons (Fsp3) is 0.0323. The number of carbonyl (C=O) groups is 1. The molecule has 5 rings (SSSR count). The van der Waals surface area contributed by atoms with Crippen LogP contribution in [0.15, 0.2) is 126 Å². The van der Waals surface area contributed by atoms with E-state index in [1.807, 2.05) is 78.9 Å². The van der Waals surface area contributed by atoms with E-state index in [4.69, 9.17) is 4.74 Å². The maximum atomic E-state index is 12.5. The number of hydrogen-bond acceptors (Lipinski definition) is 3. The highest BCUT2D eigenvalue weighted by molar-refractivity contribution is 6.00. The SMILES string of the molecule is O=C(NN=Cc1cccc2ccccc12)c1ccc(COc2ccccc2-c2ccccc2)cc1. The summed E-state index contributed by atoms with van der Waals surface area (Å²) in [7, 11) is 0. The van der Waals surface area contributed by atoms with Crippen molar-refractivity contribution in [3.63, 3.8) is 0 Å². The van der Waals surface area contributed by atoms with Crippen LogP contribution in [-0.2, 0) is 6.61 Å². The van der Waals surface area contributed by atoms with Crippen molar-refractivity contribution in [2.45, 2.75) is 6.61 Å². The van der Waals surface area contributed by atoms with Crippen molar-refractivity contribution in [3.8, 4) is 16.9 Å². The smallest absolute Gasteiger partial charge is 0.271 e. The first-order valence-corrected chi connectivity index (χ1v) is 11.5. The molecule has 1 N–H and O–H groups in total. The van der Waals surface area contributed by atoms with Gasteiger partial charge in [0.2, 0.25) is 0 Å². The summed E-state index contributed by atoms with van der Waals surface area (Å²) in [4.78, 5) is 12.5. The number of amides is 1. The van der Waals surface area contributed by atoms with Crippen molar-refractivity contribution in [1.29, 1.82) is 0 Å². The monoisotopic (exact) mass is 456 g/mol. The van der Waals surface area contributed by atoms with E-state index in [9.17, 15) is 4.79 Å². The van der Waals surface area contributed by atoms with E-state index in [0.717, 1.165) is 38.8 Å². The van der Waals surface area contributed by atoms with Gasteiger partial charge >= 0.3 is 0 Å². The zero-order valence-electron chi connectivity index (χ0n) is 19.1. The quantitative estimate of drug-likeness (QED) is 0.215. The second-order valence-corrected chi connectivity index (χ2v) is 8.12. The average Bonchev–Trinajstić information content (AvgIpc) is 2.93. The molecule has 5 aromatic carbocycles. The molecule has 35 heavy (non-hydrogen) atoms. The summed E-state index contributed by atoms with van der Waals surface area (Å²) in [5.74, 6) is 0.562. The van der Waals surface area contributed by atoms with E-state index in [0.29, 0.717) is 12.2 Å². The lowest BCUT2D eigenvalue weighted by atomic mass is 10.0. The van der Waals surface area contributed by atoms with E-state index in [1.165, 1.54) is 0 Å². The Kier molecular flexibility index (Phi) is 6.63. The van der Waals surface area contributed by atoms with E-state index in [1.54, 1.807) is 18.3 Å². The van der Waals surface area contributed by atoms with Gasteiger partial charge in [0.25, 0.3) is 5.91 Å². The molecular formula is C31H24N2O2. The molecule has 0 spiro atoms. The van der Waals surface area contributed by atoms with Gasteiger partial charge in [0.1, 0.15) is 12.4 Å². The van der Waals surface area contributed by atoms with Crippen LogP contribution in [0.4, 0.5) is 0 Å². The molecule has 0 aliphatic heterocycles. The van der Waals surface area contributed by atoms with Gasteiger partial charge in [-0.2, -0.15) is 5.10 Å². The first-order valence-electron chi connectivity index (χ1n) is 11.5. The summed E-state index contributed by atoms with van der Waals surface area (Å²) in [6.07, 6.45) is 1.67. The van der Waals surface area contributed by atoms with Gasteiger partial charge < -0.3 is 4.74 Å². The number of rotatable bonds is 7. The third-order valence-corrected chi connectivity index (χ3v) is 5.78. The molecule has 0 aromatic heterocycles. The number of nitrogens with one attached hydrogen (secondary N) is 1. The molecule has 0 saturated heterocycles. The Bertz CT molecular complexity index is 1470. The largest absolute Gasteiger partial charge is 0.488 e. The zero-order chi connectivity index (χ0) is 23.9. The molecule has 0 bridgehead atoms. The first-order chi connectivity index (χ1) is 17.3. The summed E-state index contributed by atoms with van der Waals surface area (Å²) in [6, 6.07) is 39.6. The molecule has 5 aromatic rings. The van der Waals surface area contributed by atoms with Crippen molar-refractivity contribution < 1.29 is 9.53 Å². The van der Waals surface area contributed by atoms with E-state index in [2.05, 4.69) is 40.9 Å². The summed E-state index contributed by atoms with van der Waals surface area (Å²) < 4.78 is 6.10. The number of fused-ring (bicyclic) bond motifs is 1. The van der Waals surface area contributed by atoms with Crippen LogP contribution in [0.25, 0.3) is 21.9 Å². The van der Waals surface area contributed by atoms with Crippen molar-refractivity contribution >= 4 is 22.9 Å². The van der Waals surface area contributed by atoms with E-state index in [-0.39, 0.29) is 5.91 Å². The van der Waals surface area contributed by atoms with Gasteiger partial charge in [-0.25, -0.2) is 5.43 Å². The molecule has 1 amide bonds. The van der Waals surface area contributed by atoms with Crippen molar-refractivity contribution in [1.82, 2.24) is 5.43 Å². The van der Waals surface area contributed by atoms with Crippen molar-refractivity contribution in [2.24, 2.45) is 5.10 Å². The number of hydrazone groups is 1. The standard InChI is InChI=1S/C31H24N2O2/c34-31(33-32-21-27-13-8-12-24-11-4-5-14-28(24)27)26-19-17-23(18-20-26)22-35-30-16-7-6-15-29(30)25-9-2-1-3-10-25/h1-21H,22H2,(H,33,34). The van der Waals surface area contributed by atoms with Crippen LogP contribution >= 0.6 is 0 Å². The molecule has 0 radical (unpaired) electrons. The minimum atomic E-state index is -0.261. The van der Waals surface area contributed by atoms with Crippen LogP contribution < -0.4 is 10.2 Å². The van der Waals surface area contributed by atoms with Crippen LogP contribution in [0.5, 0.6) is 5.75 Å². The predicted molar refractivity (Wildman–Crippen MR) is 142 cm³/mol. The normalized spacial score (nSPS) is 11.0. The van der Waals surface area contributed by atoms with Gasteiger partial charge in [-0.15, -0.1) is 0 Å². The van der Waals surface area contributed by atoms with Crippen molar-refractivity contribution in [3.05, 3.63) is 138 Å². The topological polar surface area (TPSA) is 50.7 Å². The van der Waals surface area contributed by atoms with Gasteiger partial charge in [-0.1, -0.05) is 103 Å². The second-order valence-electron chi connectivity index (χ2n) is 8.12. The first kappa shape index (κ1) is 22.1. The number of carbonyl (C=O) groups excluding carboxylic acids is 1. The molecule has 0 heterocycles. The van der Waals surface area contributed by atoms with Crippen LogP contribution in [0.2, 0.25) is 0 Å². The Morgan fingerprint density at radius 3 is 2.31 bits per heavy atom. The van der Waals surface area contributed by atoms with E-state index >= 15 is 0 Å². The fourth-order valence-corrected chi connectivity index (χ4v) is 3.95. The molecule has 0 fully saturated rings. The number of para-hydroxylation sites is 1. The Morgan fingerprint density at radius 2 is 1.46 bits per heavy atom. The highest BCUT2D eigenvalue weighted by Gasteiger charge is 2.07. The lowest BCUT2D eigenvalue weighted by molar-refractivity contribution is 0.0955. The molecule has 4 nitrogen and oxygen atoms in total. The highest BCUT2D eigenvalue weighted by atomic mass is 16.5. The molecule has 0 atom stereocenters. The second kappa shape index (κ2) is 10.5. The van der Waals surface area contributed by atoms with Crippen LogP contribution in [-0.4, -0.2) is 12.1 Å². The van der Waals surface area contributed by atoms with Gasteiger partial charge in [0.15, 0.2) is 0 Å². The number of nitrogens with zero attached hydrogens (tertiary/aromatic N) is 1. The average molecular weight is 457 g/mol. The van der Waals surface area contributed by atoms with Crippen LogP contribution in [0, 0.1) is 0 Å². The van der Waals surface area contributed by atoms with Crippen molar-refractivity contribution in [2.75, 3.05) is 0 Å². The Morgan fingerprint density at radius 1 is 0.743 bits per heavy atom. The summed E-state index contributed by atoms with van der Waals surface area (Å²) in [5.41, 5.74) is 7.24. The molecular weight excluding hydrogens is 432 g/mol. The van der Waals surface area contributed by atoms with Crippen LogP contribution in [0.3, 0.4) is 0 Å². The molecule has 170 valence electrons. The Hall–Kier alpha value is -4.70. The minimum absolute atomic E-state index is 0.261. The summed E-state index contributed by atoms with van der Waals surface area (Å²) in [5, 5.41) is 6.38. The molecule has 0 unspecified atom stereocenters. The molecule has 0 aliphatic rings. The Labute approximate surface area is 204 Å². The number of hydrogen-bond donors (Lipinski definition) is 1. The summed E-state index contributed by atoms with van der Waals surface area (Å²) >= 11 is 0. The zero-order valence-corrected chi connectivity index (χ0v) is 19.1. The third kappa shape index (κ3) is 5.28. The van der Waals surface area contributed by atoms with Gasteiger partial charge in [-0.05, 0) is 40.1 Å². The predicted octanol–water partition coefficient (Wildman–Crippen LogP) is 6.85.